The third-order valence-corrected chi connectivity index (χ3v) is 3.76. The minimum absolute atomic E-state index is 0.0179. The molecule has 1 amide bonds. The first-order valence-electron chi connectivity index (χ1n) is 7.81. The molecule has 0 aromatic heterocycles. The average molecular weight is 297 g/mol. The van der Waals surface area contributed by atoms with Crippen molar-refractivity contribution in [3.63, 3.8) is 0 Å². The molecule has 0 fully saturated rings. The van der Waals surface area contributed by atoms with Crippen LogP contribution in [0.25, 0.3) is 0 Å². The normalized spacial score (nSPS) is 11.8. The molecular formula is C19H23NO2. The zero-order valence-corrected chi connectivity index (χ0v) is 12.7. The van der Waals surface area contributed by atoms with Crippen LogP contribution in [0.3, 0.4) is 0 Å². The zero-order valence-electron chi connectivity index (χ0n) is 12.7. The summed E-state index contributed by atoms with van der Waals surface area (Å²) in [6.07, 6.45) is 3.82. The van der Waals surface area contributed by atoms with E-state index in [2.05, 4.69) is 29.6 Å². The van der Waals surface area contributed by atoms with Crippen LogP contribution in [0.15, 0.2) is 60.7 Å². The molecule has 0 bridgehead atoms. The van der Waals surface area contributed by atoms with Gasteiger partial charge < -0.3 is 10.4 Å². The van der Waals surface area contributed by atoms with E-state index < -0.39 is 6.09 Å². The summed E-state index contributed by atoms with van der Waals surface area (Å²) in [5.74, 6) is 0. The molecule has 0 spiro atoms. The van der Waals surface area contributed by atoms with Gasteiger partial charge in [-0.3, -0.25) is 0 Å². The van der Waals surface area contributed by atoms with Gasteiger partial charge >= 0.3 is 6.09 Å². The highest BCUT2D eigenvalue weighted by Gasteiger charge is 2.11. The molecule has 22 heavy (non-hydrogen) atoms. The fourth-order valence-corrected chi connectivity index (χ4v) is 2.66. The first-order chi connectivity index (χ1) is 10.7. The van der Waals surface area contributed by atoms with E-state index in [0.29, 0.717) is 0 Å². The number of carbonyl (C=O) groups is 1. The molecule has 2 aromatic rings. The van der Waals surface area contributed by atoms with E-state index >= 15 is 0 Å². The summed E-state index contributed by atoms with van der Waals surface area (Å²) < 4.78 is 0. The lowest BCUT2D eigenvalue weighted by Crippen LogP contribution is -2.35. The van der Waals surface area contributed by atoms with Crippen molar-refractivity contribution in [2.75, 3.05) is 0 Å². The van der Waals surface area contributed by atoms with Gasteiger partial charge in [0, 0.05) is 6.04 Å². The molecule has 2 rings (SSSR count). The molecule has 2 N–H and O–H groups in total. The largest absolute Gasteiger partial charge is 0.465 e. The highest BCUT2D eigenvalue weighted by Crippen LogP contribution is 2.11. The average Bonchev–Trinajstić information content (AvgIpc) is 2.53. The SMILES string of the molecule is O=C(O)NC(CCCCc1ccccc1)Cc1ccccc1. The Bertz CT molecular complexity index is 554. The molecule has 0 radical (unpaired) electrons. The molecular weight excluding hydrogens is 274 g/mol. The summed E-state index contributed by atoms with van der Waals surface area (Å²) in [5, 5.41) is 11.6. The van der Waals surface area contributed by atoms with E-state index in [-0.39, 0.29) is 6.04 Å². The van der Waals surface area contributed by atoms with E-state index in [0.717, 1.165) is 32.1 Å². The maximum absolute atomic E-state index is 10.9. The lowest BCUT2D eigenvalue weighted by molar-refractivity contribution is 0.188. The lowest BCUT2D eigenvalue weighted by Gasteiger charge is -2.17. The Kier molecular flexibility index (Phi) is 6.49. The number of benzene rings is 2. The monoisotopic (exact) mass is 297 g/mol. The maximum atomic E-state index is 10.9. The van der Waals surface area contributed by atoms with Crippen molar-refractivity contribution in [2.24, 2.45) is 0 Å². The number of aryl methyl sites for hydroxylation is 1. The van der Waals surface area contributed by atoms with Crippen LogP contribution in [-0.2, 0) is 12.8 Å². The molecule has 0 aliphatic heterocycles. The van der Waals surface area contributed by atoms with E-state index in [1.807, 2.05) is 36.4 Å². The predicted molar refractivity (Wildman–Crippen MR) is 89.1 cm³/mol. The number of amides is 1. The summed E-state index contributed by atoms with van der Waals surface area (Å²) >= 11 is 0. The first-order valence-corrected chi connectivity index (χ1v) is 7.81. The van der Waals surface area contributed by atoms with Crippen LogP contribution in [0.1, 0.15) is 30.4 Å². The van der Waals surface area contributed by atoms with Gasteiger partial charge in [0.2, 0.25) is 0 Å². The molecule has 0 heterocycles. The second-order valence-corrected chi connectivity index (χ2v) is 5.57. The van der Waals surface area contributed by atoms with Crippen molar-refractivity contribution in [1.29, 1.82) is 0 Å². The summed E-state index contributed by atoms with van der Waals surface area (Å²) in [6.45, 7) is 0. The van der Waals surface area contributed by atoms with Crippen LogP contribution in [0.2, 0.25) is 0 Å². The first kappa shape index (κ1) is 16.1. The summed E-state index contributed by atoms with van der Waals surface area (Å²) in [4.78, 5) is 10.9. The van der Waals surface area contributed by atoms with Gasteiger partial charge in [-0.15, -0.1) is 0 Å². The Hall–Kier alpha value is -2.29. The van der Waals surface area contributed by atoms with E-state index in [4.69, 9.17) is 5.11 Å². The van der Waals surface area contributed by atoms with Crippen molar-refractivity contribution < 1.29 is 9.90 Å². The van der Waals surface area contributed by atoms with Crippen LogP contribution >= 0.6 is 0 Å². The van der Waals surface area contributed by atoms with Crippen molar-refractivity contribution in [3.8, 4) is 0 Å². The Morgan fingerprint density at radius 3 is 2.09 bits per heavy atom. The number of hydrogen-bond donors (Lipinski definition) is 2. The molecule has 0 aliphatic rings. The molecule has 2 aromatic carbocycles. The van der Waals surface area contributed by atoms with Gasteiger partial charge in [-0.2, -0.15) is 0 Å². The highest BCUT2D eigenvalue weighted by atomic mass is 16.4. The third-order valence-electron chi connectivity index (χ3n) is 3.76. The predicted octanol–water partition coefficient (Wildman–Crippen LogP) is 4.28. The molecule has 0 aliphatic carbocycles. The minimum atomic E-state index is -0.941. The van der Waals surface area contributed by atoms with E-state index in [9.17, 15) is 4.79 Å². The maximum Gasteiger partial charge on any atom is 0.404 e. The Morgan fingerprint density at radius 2 is 1.50 bits per heavy atom. The Labute approximate surface area is 132 Å². The van der Waals surface area contributed by atoms with Crippen molar-refractivity contribution in [1.82, 2.24) is 5.32 Å². The Balaban J connectivity index is 1.78. The van der Waals surface area contributed by atoms with Gasteiger partial charge in [-0.05, 0) is 36.8 Å². The zero-order chi connectivity index (χ0) is 15.6. The number of rotatable bonds is 8. The number of carboxylic acid groups (broad SMARTS) is 1. The lowest BCUT2D eigenvalue weighted by atomic mass is 9.99. The Morgan fingerprint density at radius 1 is 0.909 bits per heavy atom. The van der Waals surface area contributed by atoms with Crippen molar-refractivity contribution in [3.05, 3.63) is 71.8 Å². The standard InChI is InChI=1S/C19H23NO2/c21-19(22)20-18(15-17-12-5-2-6-13-17)14-8-7-11-16-9-3-1-4-10-16/h1-6,9-10,12-13,18,20H,7-8,11,14-15H2,(H,21,22). The summed E-state index contributed by atoms with van der Waals surface area (Å²) in [6, 6.07) is 20.4. The fourth-order valence-electron chi connectivity index (χ4n) is 2.66. The molecule has 3 nitrogen and oxygen atoms in total. The molecule has 3 heteroatoms. The van der Waals surface area contributed by atoms with Gasteiger partial charge in [0.15, 0.2) is 0 Å². The smallest absolute Gasteiger partial charge is 0.404 e. The van der Waals surface area contributed by atoms with Crippen LogP contribution < -0.4 is 5.32 Å². The van der Waals surface area contributed by atoms with E-state index in [1.165, 1.54) is 11.1 Å². The van der Waals surface area contributed by atoms with Crippen LogP contribution in [0, 0.1) is 0 Å². The number of hydrogen-bond acceptors (Lipinski definition) is 1. The van der Waals surface area contributed by atoms with Crippen molar-refractivity contribution in [2.45, 2.75) is 38.1 Å². The highest BCUT2D eigenvalue weighted by molar-refractivity contribution is 5.64. The van der Waals surface area contributed by atoms with Gasteiger partial charge in [0.1, 0.15) is 0 Å². The number of nitrogens with one attached hydrogen (secondary N) is 1. The molecule has 1 atom stereocenters. The van der Waals surface area contributed by atoms with Gasteiger partial charge in [0.05, 0.1) is 0 Å². The topological polar surface area (TPSA) is 49.3 Å². The second kappa shape index (κ2) is 8.88. The second-order valence-electron chi connectivity index (χ2n) is 5.57. The molecule has 1 unspecified atom stereocenters. The van der Waals surface area contributed by atoms with E-state index in [1.54, 1.807) is 0 Å². The molecule has 0 saturated heterocycles. The third kappa shape index (κ3) is 6.00. The minimum Gasteiger partial charge on any atom is -0.465 e. The van der Waals surface area contributed by atoms with Crippen LogP contribution in [0.4, 0.5) is 4.79 Å². The van der Waals surface area contributed by atoms with Gasteiger partial charge in [0.25, 0.3) is 0 Å². The number of unbranched alkanes of at least 4 members (excludes halogenated alkanes) is 1. The summed E-state index contributed by atoms with van der Waals surface area (Å²) in [5.41, 5.74) is 2.51. The van der Waals surface area contributed by atoms with Gasteiger partial charge in [-0.1, -0.05) is 67.1 Å². The summed E-state index contributed by atoms with van der Waals surface area (Å²) in [7, 11) is 0. The molecule has 0 saturated carbocycles. The fraction of sp³-hybridized carbons (Fsp3) is 0.316. The van der Waals surface area contributed by atoms with Gasteiger partial charge in [-0.25, -0.2) is 4.79 Å². The van der Waals surface area contributed by atoms with Crippen molar-refractivity contribution >= 4 is 6.09 Å². The van der Waals surface area contributed by atoms with Crippen LogP contribution in [0.5, 0.6) is 0 Å². The molecule has 116 valence electrons. The van der Waals surface area contributed by atoms with Crippen LogP contribution in [-0.4, -0.2) is 17.2 Å². The quantitative estimate of drug-likeness (QED) is 0.715.